The first-order valence-electron chi connectivity index (χ1n) is 4.86. The molecule has 2 rings (SSSR count). The van der Waals surface area contributed by atoms with Crippen LogP contribution in [0, 0.1) is 0 Å². The molecule has 0 aliphatic heterocycles. The maximum atomic E-state index is 11.4. The van der Waals surface area contributed by atoms with E-state index in [9.17, 15) is 4.79 Å². The number of nitrogens with one attached hydrogen (secondary N) is 1. The highest BCUT2D eigenvalue weighted by Gasteiger charge is 2.04. The molecule has 84 valence electrons. The highest BCUT2D eigenvalue weighted by atomic mass is 32.1. The van der Waals surface area contributed by atoms with Gasteiger partial charge in [-0.1, -0.05) is 11.3 Å². The van der Waals surface area contributed by atoms with Gasteiger partial charge in [-0.25, -0.2) is 4.98 Å². The average molecular weight is 237 g/mol. The van der Waals surface area contributed by atoms with E-state index in [1.165, 1.54) is 34.5 Å². The van der Waals surface area contributed by atoms with Crippen molar-refractivity contribution in [1.29, 1.82) is 0 Å². The van der Waals surface area contributed by atoms with Crippen LogP contribution in [0.4, 0.5) is 5.13 Å². The van der Waals surface area contributed by atoms with Gasteiger partial charge in [0.2, 0.25) is 5.13 Å². The van der Waals surface area contributed by atoms with E-state index in [-0.39, 0.29) is 5.56 Å². The van der Waals surface area contributed by atoms with E-state index in [1.54, 1.807) is 0 Å². The van der Waals surface area contributed by atoms with Crippen LogP contribution < -0.4 is 10.9 Å². The summed E-state index contributed by atoms with van der Waals surface area (Å²) in [6.07, 6.45) is 2.97. The highest BCUT2D eigenvalue weighted by Crippen LogP contribution is 2.14. The molecule has 0 saturated carbocycles. The SMILES string of the molecule is CCNc1nnc(Cn2cnccc2=O)s1. The summed E-state index contributed by atoms with van der Waals surface area (Å²) < 4.78 is 1.50. The second-order valence-corrected chi connectivity index (χ2v) is 4.14. The smallest absolute Gasteiger partial charge is 0.253 e. The van der Waals surface area contributed by atoms with E-state index >= 15 is 0 Å². The van der Waals surface area contributed by atoms with E-state index in [0.29, 0.717) is 6.54 Å². The molecule has 0 atom stereocenters. The highest BCUT2D eigenvalue weighted by molar-refractivity contribution is 7.15. The molecule has 2 aromatic heterocycles. The summed E-state index contributed by atoms with van der Waals surface area (Å²) >= 11 is 1.44. The summed E-state index contributed by atoms with van der Waals surface area (Å²) in [5, 5.41) is 12.6. The van der Waals surface area contributed by atoms with E-state index < -0.39 is 0 Å². The predicted octanol–water partition coefficient (Wildman–Crippen LogP) is 0.575. The Balaban J connectivity index is 2.15. The summed E-state index contributed by atoms with van der Waals surface area (Å²) in [5.41, 5.74) is -0.0878. The minimum absolute atomic E-state index is 0.0878. The average Bonchev–Trinajstić information content (AvgIpc) is 2.70. The standard InChI is InChI=1S/C9H11N5OS/c1-2-11-9-13-12-7(16-9)5-14-6-10-4-3-8(14)15/h3-4,6H,2,5H2,1H3,(H,11,13). The molecular formula is C9H11N5OS. The minimum Gasteiger partial charge on any atom is -0.360 e. The molecule has 6 nitrogen and oxygen atoms in total. The topological polar surface area (TPSA) is 72.7 Å². The maximum absolute atomic E-state index is 11.4. The zero-order chi connectivity index (χ0) is 11.4. The Labute approximate surface area is 96.0 Å². The Hall–Kier alpha value is -1.76. The summed E-state index contributed by atoms with van der Waals surface area (Å²) in [4.78, 5) is 15.3. The Kier molecular flexibility index (Phi) is 3.25. The van der Waals surface area contributed by atoms with Crippen molar-refractivity contribution in [3.05, 3.63) is 34.0 Å². The van der Waals surface area contributed by atoms with Crippen molar-refractivity contribution in [3.8, 4) is 0 Å². The number of rotatable bonds is 4. The molecule has 0 amide bonds. The number of hydrogen-bond donors (Lipinski definition) is 1. The van der Waals surface area contributed by atoms with Crippen molar-refractivity contribution in [2.24, 2.45) is 0 Å². The van der Waals surface area contributed by atoms with Crippen LogP contribution in [0.25, 0.3) is 0 Å². The van der Waals surface area contributed by atoms with Gasteiger partial charge in [-0.15, -0.1) is 10.2 Å². The molecular weight excluding hydrogens is 226 g/mol. The predicted molar refractivity (Wildman–Crippen MR) is 61.7 cm³/mol. The summed E-state index contributed by atoms with van der Waals surface area (Å²) in [6.45, 7) is 3.21. The molecule has 7 heteroatoms. The van der Waals surface area contributed by atoms with Crippen molar-refractivity contribution in [3.63, 3.8) is 0 Å². The normalized spacial score (nSPS) is 10.3. The number of aromatic nitrogens is 4. The molecule has 0 aliphatic rings. The second kappa shape index (κ2) is 4.84. The molecule has 0 aromatic carbocycles. The van der Waals surface area contributed by atoms with Crippen LogP contribution >= 0.6 is 11.3 Å². The maximum Gasteiger partial charge on any atom is 0.253 e. The van der Waals surface area contributed by atoms with Crippen molar-refractivity contribution < 1.29 is 0 Å². The van der Waals surface area contributed by atoms with Gasteiger partial charge >= 0.3 is 0 Å². The van der Waals surface area contributed by atoms with E-state index in [1.807, 2.05) is 6.92 Å². The first-order valence-corrected chi connectivity index (χ1v) is 5.68. The van der Waals surface area contributed by atoms with Crippen molar-refractivity contribution in [2.75, 3.05) is 11.9 Å². The van der Waals surface area contributed by atoms with E-state index in [2.05, 4.69) is 20.5 Å². The minimum atomic E-state index is -0.0878. The van der Waals surface area contributed by atoms with Gasteiger partial charge in [-0.3, -0.25) is 9.36 Å². The molecule has 0 saturated heterocycles. The fourth-order valence-electron chi connectivity index (χ4n) is 1.18. The quantitative estimate of drug-likeness (QED) is 0.841. The monoisotopic (exact) mass is 237 g/mol. The van der Waals surface area contributed by atoms with Gasteiger partial charge in [0.15, 0.2) is 0 Å². The van der Waals surface area contributed by atoms with E-state index in [4.69, 9.17) is 0 Å². The zero-order valence-corrected chi connectivity index (χ0v) is 9.57. The molecule has 0 radical (unpaired) electrons. The Morgan fingerprint density at radius 3 is 3.12 bits per heavy atom. The molecule has 16 heavy (non-hydrogen) atoms. The van der Waals surface area contributed by atoms with Crippen LogP contribution in [0.3, 0.4) is 0 Å². The number of nitrogens with zero attached hydrogens (tertiary/aromatic N) is 4. The first kappa shape index (κ1) is 10.7. The fraction of sp³-hybridized carbons (Fsp3) is 0.333. The number of hydrogen-bond acceptors (Lipinski definition) is 6. The van der Waals surface area contributed by atoms with Gasteiger partial charge < -0.3 is 5.32 Å². The van der Waals surface area contributed by atoms with Crippen LogP contribution in [-0.4, -0.2) is 26.3 Å². The third-order valence-corrected chi connectivity index (χ3v) is 2.76. The number of anilines is 1. The molecule has 0 unspecified atom stereocenters. The van der Waals surface area contributed by atoms with Crippen LogP contribution in [0.1, 0.15) is 11.9 Å². The summed E-state index contributed by atoms with van der Waals surface area (Å²) in [7, 11) is 0. The van der Waals surface area contributed by atoms with Crippen molar-refractivity contribution >= 4 is 16.5 Å². The Morgan fingerprint density at radius 1 is 1.50 bits per heavy atom. The molecule has 0 bridgehead atoms. The third-order valence-electron chi connectivity index (χ3n) is 1.89. The lowest BCUT2D eigenvalue weighted by Crippen LogP contribution is -2.19. The third kappa shape index (κ3) is 2.43. The molecule has 2 aromatic rings. The molecule has 0 spiro atoms. The lowest BCUT2D eigenvalue weighted by molar-refractivity contribution is 0.723. The zero-order valence-electron chi connectivity index (χ0n) is 8.75. The van der Waals surface area contributed by atoms with Crippen LogP contribution in [-0.2, 0) is 6.54 Å². The van der Waals surface area contributed by atoms with Gasteiger partial charge in [0, 0.05) is 18.8 Å². The summed E-state index contributed by atoms with van der Waals surface area (Å²) in [5.74, 6) is 0. The van der Waals surface area contributed by atoms with Gasteiger partial charge in [-0.2, -0.15) is 0 Å². The van der Waals surface area contributed by atoms with Gasteiger partial charge in [-0.05, 0) is 6.92 Å². The Morgan fingerprint density at radius 2 is 2.38 bits per heavy atom. The van der Waals surface area contributed by atoms with Gasteiger partial charge in [0.05, 0.1) is 12.9 Å². The van der Waals surface area contributed by atoms with Crippen LogP contribution in [0.2, 0.25) is 0 Å². The van der Waals surface area contributed by atoms with E-state index in [0.717, 1.165) is 16.7 Å². The molecule has 0 fully saturated rings. The molecule has 0 aliphatic carbocycles. The molecule has 2 heterocycles. The van der Waals surface area contributed by atoms with Crippen LogP contribution in [0.5, 0.6) is 0 Å². The Bertz CT molecular complexity index is 520. The molecule has 1 N–H and O–H groups in total. The summed E-state index contributed by atoms with van der Waals surface area (Å²) in [6, 6.07) is 1.42. The fourth-order valence-corrected chi connectivity index (χ4v) is 1.99. The largest absolute Gasteiger partial charge is 0.360 e. The van der Waals surface area contributed by atoms with Crippen molar-refractivity contribution in [2.45, 2.75) is 13.5 Å². The van der Waals surface area contributed by atoms with Crippen molar-refractivity contribution in [1.82, 2.24) is 19.7 Å². The van der Waals surface area contributed by atoms with Gasteiger partial charge in [0.1, 0.15) is 5.01 Å². The lowest BCUT2D eigenvalue weighted by Gasteiger charge is -1.99. The van der Waals surface area contributed by atoms with Gasteiger partial charge in [0.25, 0.3) is 5.56 Å². The van der Waals surface area contributed by atoms with Crippen LogP contribution in [0.15, 0.2) is 23.4 Å². The lowest BCUT2D eigenvalue weighted by atomic mass is 10.6. The first-order chi connectivity index (χ1) is 7.79. The second-order valence-electron chi connectivity index (χ2n) is 3.08.